The normalized spacial score (nSPS) is 11.1. The van der Waals surface area contributed by atoms with Crippen molar-refractivity contribution in [3.05, 3.63) is 28.6 Å². The third kappa shape index (κ3) is 3.79. The highest BCUT2D eigenvalue weighted by Crippen LogP contribution is 2.14. The van der Waals surface area contributed by atoms with E-state index in [0.29, 0.717) is 10.4 Å². The maximum Gasteiger partial charge on any atom is 0.244 e. The molecule has 0 atom stereocenters. The molecule has 1 amide bonds. The Labute approximate surface area is 91.3 Å². The van der Waals surface area contributed by atoms with Crippen molar-refractivity contribution in [1.82, 2.24) is 5.32 Å². The lowest BCUT2D eigenvalue weighted by Gasteiger charge is -2.03. The van der Waals surface area contributed by atoms with Crippen molar-refractivity contribution in [2.45, 2.75) is 19.9 Å². The molecular weight excluding hydrogens is 246 g/mol. The van der Waals surface area contributed by atoms with E-state index in [2.05, 4.69) is 21.2 Å². The van der Waals surface area contributed by atoms with Crippen molar-refractivity contribution < 1.29 is 9.21 Å². The molecule has 1 aromatic rings. The molecule has 0 radical (unpaired) electrons. The van der Waals surface area contributed by atoms with E-state index in [9.17, 15) is 4.79 Å². The van der Waals surface area contributed by atoms with Gasteiger partial charge in [0.05, 0.1) is 0 Å². The highest BCUT2D eigenvalue weighted by molar-refractivity contribution is 9.10. The molecule has 1 aromatic heterocycles. The second-order valence-electron chi connectivity index (χ2n) is 3.14. The number of rotatable bonds is 3. The van der Waals surface area contributed by atoms with Crippen LogP contribution in [-0.2, 0) is 4.79 Å². The third-order valence-corrected chi connectivity index (χ3v) is 1.85. The summed E-state index contributed by atoms with van der Waals surface area (Å²) in [5.74, 6) is 0.531. The van der Waals surface area contributed by atoms with Crippen LogP contribution in [0.3, 0.4) is 0 Å². The number of furan rings is 1. The van der Waals surface area contributed by atoms with Gasteiger partial charge < -0.3 is 9.73 Å². The molecular formula is C10H12BrNO2. The minimum atomic E-state index is -0.118. The van der Waals surface area contributed by atoms with Crippen LogP contribution in [0.1, 0.15) is 19.6 Å². The van der Waals surface area contributed by atoms with Crippen molar-refractivity contribution in [3.63, 3.8) is 0 Å². The number of nitrogens with one attached hydrogen (secondary N) is 1. The highest BCUT2D eigenvalue weighted by Gasteiger charge is 1.99. The molecule has 0 aliphatic heterocycles. The molecule has 0 saturated heterocycles. The summed E-state index contributed by atoms with van der Waals surface area (Å²) in [7, 11) is 0. The van der Waals surface area contributed by atoms with E-state index in [-0.39, 0.29) is 11.9 Å². The van der Waals surface area contributed by atoms with Crippen molar-refractivity contribution in [2.75, 3.05) is 0 Å². The summed E-state index contributed by atoms with van der Waals surface area (Å²) in [6, 6.07) is 3.71. The number of hydrogen-bond donors (Lipinski definition) is 1. The van der Waals surface area contributed by atoms with Crippen LogP contribution in [0.4, 0.5) is 0 Å². The lowest BCUT2D eigenvalue weighted by atomic mass is 10.3. The van der Waals surface area contributed by atoms with Gasteiger partial charge in [0.1, 0.15) is 5.76 Å². The van der Waals surface area contributed by atoms with Gasteiger partial charge in [-0.15, -0.1) is 0 Å². The third-order valence-electron chi connectivity index (χ3n) is 1.42. The zero-order valence-electron chi connectivity index (χ0n) is 8.08. The SMILES string of the molecule is CC(C)NC(=O)/C=C/c1ccc(Br)o1. The average Bonchev–Trinajstić information content (AvgIpc) is 2.47. The zero-order valence-corrected chi connectivity index (χ0v) is 9.67. The number of hydrogen-bond acceptors (Lipinski definition) is 2. The average molecular weight is 258 g/mol. The van der Waals surface area contributed by atoms with Crippen molar-refractivity contribution >= 4 is 27.9 Å². The van der Waals surface area contributed by atoms with Crippen LogP contribution in [-0.4, -0.2) is 11.9 Å². The van der Waals surface area contributed by atoms with E-state index in [1.807, 2.05) is 13.8 Å². The summed E-state index contributed by atoms with van der Waals surface area (Å²) >= 11 is 3.18. The molecule has 3 nitrogen and oxygen atoms in total. The van der Waals surface area contributed by atoms with Crippen LogP contribution in [0.2, 0.25) is 0 Å². The first kappa shape index (κ1) is 11.0. The van der Waals surface area contributed by atoms with Crippen LogP contribution >= 0.6 is 15.9 Å². The highest BCUT2D eigenvalue weighted by atomic mass is 79.9. The minimum Gasteiger partial charge on any atom is -0.450 e. The summed E-state index contributed by atoms with van der Waals surface area (Å²) in [5.41, 5.74) is 0. The standard InChI is InChI=1S/C10H12BrNO2/c1-7(2)12-10(13)6-4-8-3-5-9(11)14-8/h3-7H,1-2H3,(H,12,13)/b6-4+. The summed E-state index contributed by atoms with van der Waals surface area (Å²) in [6.45, 7) is 3.82. The Balaban J connectivity index is 2.51. The molecule has 1 rings (SSSR count). The number of amides is 1. The maximum absolute atomic E-state index is 11.2. The lowest BCUT2D eigenvalue weighted by Crippen LogP contribution is -2.28. The van der Waals surface area contributed by atoms with E-state index >= 15 is 0 Å². The lowest BCUT2D eigenvalue weighted by molar-refractivity contribution is -0.116. The molecule has 0 saturated carbocycles. The largest absolute Gasteiger partial charge is 0.450 e. The van der Waals surface area contributed by atoms with Gasteiger partial charge in [0.25, 0.3) is 0 Å². The zero-order chi connectivity index (χ0) is 10.6. The molecule has 0 spiro atoms. The van der Waals surface area contributed by atoms with Gasteiger partial charge in [-0.3, -0.25) is 4.79 Å². The summed E-state index contributed by atoms with van der Waals surface area (Å²) < 4.78 is 5.84. The fraction of sp³-hybridized carbons (Fsp3) is 0.300. The van der Waals surface area contributed by atoms with Crippen molar-refractivity contribution in [2.24, 2.45) is 0 Å². The van der Waals surface area contributed by atoms with Gasteiger partial charge >= 0.3 is 0 Å². The molecule has 1 heterocycles. The van der Waals surface area contributed by atoms with Crippen molar-refractivity contribution in [1.29, 1.82) is 0 Å². The molecule has 0 unspecified atom stereocenters. The molecule has 0 aliphatic carbocycles. The topological polar surface area (TPSA) is 42.2 Å². The van der Waals surface area contributed by atoms with Gasteiger partial charge in [-0.1, -0.05) is 0 Å². The predicted molar refractivity (Wildman–Crippen MR) is 58.7 cm³/mol. The summed E-state index contributed by atoms with van der Waals surface area (Å²) in [4.78, 5) is 11.2. The van der Waals surface area contributed by atoms with Gasteiger partial charge in [-0.05, 0) is 48.0 Å². The van der Waals surface area contributed by atoms with Gasteiger partial charge in [0.2, 0.25) is 5.91 Å². The fourth-order valence-corrected chi connectivity index (χ4v) is 1.23. The first-order valence-electron chi connectivity index (χ1n) is 4.32. The second-order valence-corrected chi connectivity index (χ2v) is 3.92. The first-order valence-corrected chi connectivity index (χ1v) is 5.11. The Morgan fingerprint density at radius 3 is 2.79 bits per heavy atom. The van der Waals surface area contributed by atoms with Gasteiger partial charge in [0, 0.05) is 12.1 Å². The molecule has 0 aliphatic rings. The molecule has 4 heteroatoms. The Morgan fingerprint density at radius 2 is 2.29 bits per heavy atom. The monoisotopic (exact) mass is 257 g/mol. The van der Waals surface area contributed by atoms with E-state index in [1.165, 1.54) is 6.08 Å². The van der Waals surface area contributed by atoms with E-state index < -0.39 is 0 Å². The number of halogens is 1. The quantitative estimate of drug-likeness (QED) is 0.846. The van der Waals surface area contributed by atoms with Crippen LogP contribution in [0.25, 0.3) is 6.08 Å². The molecule has 14 heavy (non-hydrogen) atoms. The Kier molecular flexibility index (Phi) is 3.95. The number of carbonyl (C=O) groups excluding carboxylic acids is 1. The van der Waals surface area contributed by atoms with E-state index in [1.54, 1.807) is 18.2 Å². The van der Waals surface area contributed by atoms with Crippen LogP contribution in [0, 0.1) is 0 Å². The molecule has 0 bridgehead atoms. The molecule has 0 aromatic carbocycles. The maximum atomic E-state index is 11.2. The Morgan fingerprint density at radius 1 is 1.57 bits per heavy atom. The van der Waals surface area contributed by atoms with E-state index in [4.69, 9.17) is 4.42 Å². The first-order chi connectivity index (χ1) is 6.58. The van der Waals surface area contributed by atoms with Crippen LogP contribution in [0.5, 0.6) is 0 Å². The van der Waals surface area contributed by atoms with E-state index in [0.717, 1.165) is 0 Å². The molecule has 0 fully saturated rings. The van der Waals surface area contributed by atoms with Gasteiger partial charge in [-0.25, -0.2) is 0 Å². The van der Waals surface area contributed by atoms with Crippen LogP contribution in [0.15, 0.2) is 27.3 Å². The smallest absolute Gasteiger partial charge is 0.244 e. The number of carbonyl (C=O) groups is 1. The van der Waals surface area contributed by atoms with Gasteiger partial charge in [0.15, 0.2) is 4.67 Å². The van der Waals surface area contributed by atoms with Crippen LogP contribution < -0.4 is 5.32 Å². The van der Waals surface area contributed by atoms with Crippen molar-refractivity contribution in [3.8, 4) is 0 Å². The summed E-state index contributed by atoms with van der Waals surface area (Å²) in [6.07, 6.45) is 3.08. The molecule has 76 valence electrons. The van der Waals surface area contributed by atoms with Gasteiger partial charge in [-0.2, -0.15) is 0 Å². The minimum absolute atomic E-state index is 0.118. The second kappa shape index (κ2) is 5.00. The fourth-order valence-electron chi connectivity index (χ4n) is 0.908. The summed E-state index contributed by atoms with van der Waals surface area (Å²) in [5, 5.41) is 2.74. The predicted octanol–water partition coefficient (Wildman–Crippen LogP) is 2.58. The Bertz CT molecular complexity index is 342. The Hall–Kier alpha value is -1.03. The molecule has 1 N–H and O–H groups in total.